The Bertz CT molecular complexity index is 185. The number of thioether (sulfide) groups is 1. The zero-order valence-corrected chi connectivity index (χ0v) is 8.82. The van der Waals surface area contributed by atoms with E-state index in [4.69, 9.17) is 0 Å². The van der Waals surface area contributed by atoms with Crippen LogP contribution in [-0.2, 0) is 10.8 Å². The van der Waals surface area contributed by atoms with E-state index in [1.54, 1.807) is 6.26 Å². The van der Waals surface area contributed by atoms with Gasteiger partial charge in [-0.15, -0.1) is 11.8 Å². The van der Waals surface area contributed by atoms with Crippen LogP contribution in [0.4, 0.5) is 0 Å². The Kier molecular flexibility index (Phi) is 3.20. The summed E-state index contributed by atoms with van der Waals surface area (Å²) in [6.45, 7) is 0. The molecule has 3 nitrogen and oxygen atoms in total. The van der Waals surface area contributed by atoms with Crippen molar-refractivity contribution in [3.8, 4) is 0 Å². The van der Waals surface area contributed by atoms with Crippen molar-refractivity contribution in [2.75, 3.05) is 12.5 Å². The quantitative estimate of drug-likeness (QED) is 0.670. The molecule has 3 atom stereocenters. The first-order valence-electron chi connectivity index (χ1n) is 3.76. The van der Waals surface area contributed by atoms with Crippen molar-refractivity contribution >= 4 is 22.6 Å². The van der Waals surface area contributed by atoms with Gasteiger partial charge in [0.05, 0.1) is 16.3 Å². The van der Waals surface area contributed by atoms with Gasteiger partial charge in [0.15, 0.2) is 0 Å². The number of hydrogen-bond acceptors (Lipinski definition) is 4. The number of hydrogen-bond donors (Lipinski definition) is 2. The first kappa shape index (κ1) is 10.5. The smallest absolute Gasteiger partial charge is 0.0954 e. The number of rotatable bonds is 2. The van der Waals surface area contributed by atoms with E-state index in [0.717, 1.165) is 0 Å². The molecule has 12 heavy (non-hydrogen) atoms. The van der Waals surface area contributed by atoms with Crippen LogP contribution in [0.2, 0.25) is 0 Å². The van der Waals surface area contributed by atoms with Crippen molar-refractivity contribution in [3.63, 3.8) is 0 Å². The third kappa shape index (κ3) is 1.69. The van der Waals surface area contributed by atoms with Crippen molar-refractivity contribution in [2.24, 2.45) is 0 Å². The summed E-state index contributed by atoms with van der Waals surface area (Å²) >= 11 is 1.48. The summed E-state index contributed by atoms with van der Waals surface area (Å²) in [5.41, 5.74) is 0. The zero-order valence-electron chi connectivity index (χ0n) is 7.19. The van der Waals surface area contributed by atoms with Crippen LogP contribution < -0.4 is 0 Å². The summed E-state index contributed by atoms with van der Waals surface area (Å²) in [6, 6.07) is 0. The lowest BCUT2D eigenvalue weighted by Crippen LogP contribution is -2.26. The molecule has 0 bridgehead atoms. The van der Waals surface area contributed by atoms with E-state index in [2.05, 4.69) is 0 Å². The van der Waals surface area contributed by atoms with Gasteiger partial charge in [0.1, 0.15) is 0 Å². The van der Waals surface area contributed by atoms with E-state index >= 15 is 0 Å². The Morgan fingerprint density at radius 3 is 2.00 bits per heavy atom. The third-order valence-corrected chi connectivity index (χ3v) is 6.04. The molecule has 0 heterocycles. The maximum absolute atomic E-state index is 11.4. The van der Waals surface area contributed by atoms with Gasteiger partial charge in [-0.2, -0.15) is 0 Å². The molecule has 5 heteroatoms. The lowest BCUT2D eigenvalue weighted by Gasteiger charge is -2.23. The summed E-state index contributed by atoms with van der Waals surface area (Å²) in [5.74, 6) is 0. The molecule has 1 rings (SSSR count). The second-order valence-corrected chi connectivity index (χ2v) is 6.25. The molecule has 0 aromatic heterocycles. The van der Waals surface area contributed by atoms with Gasteiger partial charge in [-0.05, 0) is 6.26 Å². The fourth-order valence-corrected chi connectivity index (χ4v) is 3.94. The second-order valence-electron chi connectivity index (χ2n) is 3.11. The predicted molar refractivity (Wildman–Crippen MR) is 51.6 cm³/mol. The molecule has 0 saturated heterocycles. The second kappa shape index (κ2) is 3.65. The van der Waals surface area contributed by atoms with Crippen LogP contribution in [0, 0.1) is 0 Å². The first-order chi connectivity index (χ1) is 5.52. The first-order valence-corrected chi connectivity index (χ1v) is 6.55. The van der Waals surface area contributed by atoms with E-state index in [1.165, 1.54) is 11.8 Å². The number of aliphatic hydroxyl groups is 2. The number of aliphatic hydroxyl groups excluding tert-OH is 2. The van der Waals surface area contributed by atoms with Crippen LogP contribution in [0.1, 0.15) is 12.8 Å². The summed E-state index contributed by atoms with van der Waals surface area (Å²) in [5, 5.41) is 18.6. The maximum Gasteiger partial charge on any atom is 0.0954 e. The fourth-order valence-electron chi connectivity index (χ4n) is 1.51. The van der Waals surface area contributed by atoms with Gasteiger partial charge in [-0.25, -0.2) is 0 Å². The Labute approximate surface area is 79.0 Å². The van der Waals surface area contributed by atoms with Crippen LogP contribution in [0.3, 0.4) is 0 Å². The Morgan fingerprint density at radius 1 is 1.42 bits per heavy atom. The molecule has 1 aliphatic rings. The molecular formula is C7H14O3S2. The highest BCUT2D eigenvalue weighted by molar-refractivity contribution is 8.11. The van der Waals surface area contributed by atoms with Gasteiger partial charge >= 0.3 is 0 Å². The average Bonchev–Trinajstić information content (AvgIpc) is 2.29. The van der Waals surface area contributed by atoms with Crippen molar-refractivity contribution in [1.82, 2.24) is 0 Å². The van der Waals surface area contributed by atoms with Crippen LogP contribution in [-0.4, -0.2) is 43.2 Å². The molecule has 1 aliphatic carbocycles. The Balaban J connectivity index is 2.78. The highest BCUT2D eigenvalue weighted by Gasteiger charge is 2.46. The molecule has 1 unspecified atom stereocenters. The lowest BCUT2D eigenvalue weighted by atomic mass is 10.3. The van der Waals surface area contributed by atoms with Crippen molar-refractivity contribution in [1.29, 1.82) is 0 Å². The molecule has 0 aromatic carbocycles. The van der Waals surface area contributed by atoms with E-state index in [1.807, 2.05) is 6.26 Å². The Morgan fingerprint density at radius 2 is 1.83 bits per heavy atom. The monoisotopic (exact) mass is 210 g/mol. The van der Waals surface area contributed by atoms with Gasteiger partial charge < -0.3 is 10.2 Å². The van der Waals surface area contributed by atoms with Crippen LogP contribution in [0.25, 0.3) is 0 Å². The van der Waals surface area contributed by atoms with Crippen LogP contribution >= 0.6 is 11.8 Å². The van der Waals surface area contributed by atoms with E-state index in [9.17, 15) is 14.4 Å². The van der Waals surface area contributed by atoms with E-state index < -0.39 is 27.1 Å². The molecule has 1 saturated carbocycles. The van der Waals surface area contributed by atoms with Gasteiger partial charge in [0, 0.05) is 29.9 Å². The maximum atomic E-state index is 11.4. The summed E-state index contributed by atoms with van der Waals surface area (Å²) in [4.78, 5) is 0. The predicted octanol–water partition coefficient (Wildman–Crippen LogP) is -0.0602. The fraction of sp³-hybridized carbons (Fsp3) is 1.00. The molecular weight excluding hydrogens is 196 g/mol. The van der Waals surface area contributed by atoms with E-state index in [-0.39, 0.29) is 0 Å². The van der Waals surface area contributed by atoms with Gasteiger partial charge in [0.2, 0.25) is 0 Å². The SMILES string of the molecule is CSC1(S(C)=O)C[C@H](O)[C@@H](O)C1. The summed E-state index contributed by atoms with van der Waals surface area (Å²) in [6.07, 6.45) is 2.94. The molecule has 0 radical (unpaired) electrons. The highest BCUT2D eigenvalue weighted by Crippen LogP contribution is 2.42. The normalized spacial score (nSPS) is 36.7. The molecule has 0 aliphatic heterocycles. The van der Waals surface area contributed by atoms with Crippen LogP contribution in [0.15, 0.2) is 0 Å². The average molecular weight is 210 g/mol. The highest BCUT2D eigenvalue weighted by atomic mass is 32.2. The molecule has 2 N–H and O–H groups in total. The standard InChI is InChI=1S/C7H14O3S2/c1-11-7(12(2)10)3-5(8)6(9)4-7/h5-6,8-9H,3-4H2,1-2H3/t5-,6-,12?/m0/s1. The molecule has 1 fully saturated rings. The summed E-state index contributed by atoms with van der Waals surface area (Å²) in [7, 11) is -0.998. The van der Waals surface area contributed by atoms with Crippen molar-refractivity contribution in [2.45, 2.75) is 29.1 Å². The molecule has 0 spiro atoms. The van der Waals surface area contributed by atoms with Crippen molar-refractivity contribution in [3.05, 3.63) is 0 Å². The van der Waals surface area contributed by atoms with E-state index in [0.29, 0.717) is 12.8 Å². The van der Waals surface area contributed by atoms with Gasteiger partial charge in [-0.3, -0.25) is 4.21 Å². The lowest BCUT2D eigenvalue weighted by molar-refractivity contribution is 0.0438. The van der Waals surface area contributed by atoms with Crippen LogP contribution in [0.5, 0.6) is 0 Å². The molecule has 0 aromatic rings. The minimum absolute atomic E-state index is 0.429. The summed E-state index contributed by atoms with van der Waals surface area (Å²) < 4.78 is 10.9. The molecule has 0 amide bonds. The molecule has 72 valence electrons. The zero-order chi connectivity index (χ0) is 9.35. The topological polar surface area (TPSA) is 57.5 Å². The van der Waals surface area contributed by atoms with Gasteiger partial charge in [-0.1, -0.05) is 0 Å². The van der Waals surface area contributed by atoms with Gasteiger partial charge in [0.25, 0.3) is 0 Å². The Hall–Kier alpha value is 0.420. The van der Waals surface area contributed by atoms with Crippen molar-refractivity contribution < 1.29 is 14.4 Å². The largest absolute Gasteiger partial charge is 0.390 e. The minimum atomic E-state index is -0.998. The minimum Gasteiger partial charge on any atom is -0.390 e. The third-order valence-electron chi connectivity index (χ3n) is 2.38.